The number of rotatable bonds is 5. The largest absolute Gasteiger partial charge is 0.452 e. The molecule has 8 heteroatoms. The van der Waals surface area contributed by atoms with E-state index >= 15 is 0 Å². The minimum Gasteiger partial charge on any atom is -0.452 e. The molecule has 2 aromatic rings. The molecule has 0 aliphatic rings. The smallest absolute Gasteiger partial charge is 0.338 e. The molecule has 0 unspecified atom stereocenters. The van der Waals surface area contributed by atoms with Crippen LogP contribution in [0.4, 0.5) is 11.4 Å². The highest BCUT2D eigenvalue weighted by molar-refractivity contribution is 9.10. The number of nitrogens with zero attached hydrogens (tertiary/aromatic N) is 1. The molecule has 0 bridgehead atoms. The van der Waals surface area contributed by atoms with Gasteiger partial charge >= 0.3 is 5.97 Å². The first-order valence-corrected chi connectivity index (χ1v) is 7.63. The van der Waals surface area contributed by atoms with Gasteiger partial charge in [0.15, 0.2) is 6.61 Å². The predicted octanol–water partition coefficient (Wildman–Crippen LogP) is 3.46. The Labute approximate surface area is 145 Å². The zero-order chi connectivity index (χ0) is 17.7. The molecular formula is C16H13BrN2O5. The van der Waals surface area contributed by atoms with E-state index in [1.54, 1.807) is 31.2 Å². The van der Waals surface area contributed by atoms with Crippen LogP contribution in [0, 0.1) is 17.0 Å². The summed E-state index contributed by atoms with van der Waals surface area (Å²) < 4.78 is 5.66. The Bertz CT molecular complexity index is 807. The summed E-state index contributed by atoms with van der Waals surface area (Å²) in [6, 6.07) is 10.7. The van der Waals surface area contributed by atoms with Crippen molar-refractivity contribution in [3.63, 3.8) is 0 Å². The summed E-state index contributed by atoms with van der Waals surface area (Å²) in [6.45, 7) is 1.18. The molecule has 0 fully saturated rings. The second-order valence-electron chi connectivity index (χ2n) is 4.89. The summed E-state index contributed by atoms with van der Waals surface area (Å²) in [5.41, 5.74) is 1.22. The third kappa shape index (κ3) is 4.63. The zero-order valence-corrected chi connectivity index (χ0v) is 14.2. The number of carbonyl (C=O) groups excluding carboxylic acids is 2. The number of esters is 1. The van der Waals surface area contributed by atoms with Crippen LogP contribution < -0.4 is 5.32 Å². The average molecular weight is 393 g/mol. The molecule has 0 heterocycles. The van der Waals surface area contributed by atoms with Crippen molar-refractivity contribution in [2.75, 3.05) is 11.9 Å². The molecule has 1 amide bonds. The van der Waals surface area contributed by atoms with Gasteiger partial charge in [-0.2, -0.15) is 0 Å². The van der Waals surface area contributed by atoms with E-state index in [0.717, 1.165) is 4.47 Å². The number of nitrogens with one attached hydrogen (secondary N) is 1. The summed E-state index contributed by atoms with van der Waals surface area (Å²) in [6.07, 6.45) is 0. The number of ether oxygens (including phenoxy) is 1. The Kier molecular flexibility index (Phi) is 5.64. The van der Waals surface area contributed by atoms with E-state index in [0.29, 0.717) is 16.8 Å². The number of nitro benzene ring substituents is 1. The first kappa shape index (κ1) is 17.6. The Hall–Kier alpha value is -2.74. The van der Waals surface area contributed by atoms with Crippen molar-refractivity contribution in [2.24, 2.45) is 0 Å². The standard InChI is InChI=1S/C16H13BrN2O5/c1-10-7-13(19(22)23)5-6-14(10)18-15(20)9-24-16(21)11-3-2-4-12(17)8-11/h2-8H,9H2,1H3,(H,18,20). The maximum absolute atomic E-state index is 11.9. The topological polar surface area (TPSA) is 98.5 Å². The molecule has 1 N–H and O–H groups in total. The van der Waals surface area contributed by atoms with Gasteiger partial charge in [-0.15, -0.1) is 0 Å². The average Bonchev–Trinajstić information content (AvgIpc) is 2.54. The third-order valence-corrected chi connectivity index (χ3v) is 3.58. The molecule has 0 aliphatic carbocycles. The normalized spacial score (nSPS) is 10.1. The highest BCUT2D eigenvalue weighted by Crippen LogP contribution is 2.21. The van der Waals surface area contributed by atoms with Crippen LogP contribution in [0.2, 0.25) is 0 Å². The van der Waals surface area contributed by atoms with E-state index < -0.39 is 23.4 Å². The maximum atomic E-state index is 11.9. The lowest BCUT2D eigenvalue weighted by Gasteiger charge is -2.09. The van der Waals surface area contributed by atoms with E-state index in [2.05, 4.69) is 21.2 Å². The summed E-state index contributed by atoms with van der Waals surface area (Å²) in [7, 11) is 0. The quantitative estimate of drug-likeness (QED) is 0.477. The number of non-ortho nitro benzene ring substituents is 1. The summed E-state index contributed by atoms with van der Waals surface area (Å²) >= 11 is 3.24. The Morgan fingerprint density at radius 2 is 2.00 bits per heavy atom. The molecule has 2 rings (SSSR count). The van der Waals surface area contributed by atoms with Crippen LogP contribution in [-0.2, 0) is 9.53 Å². The van der Waals surface area contributed by atoms with Crippen molar-refractivity contribution in [1.82, 2.24) is 0 Å². The molecule has 0 atom stereocenters. The molecule has 0 aromatic heterocycles. The molecule has 0 spiro atoms. The van der Waals surface area contributed by atoms with Crippen LogP contribution in [0.5, 0.6) is 0 Å². The van der Waals surface area contributed by atoms with Crippen LogP contribution >= 0.6 is 15.9 Å². The molecule has 124 valence electrons. The lowest BCUT2D eigenvalue weighted by atomic mass is 10.2. The van der Waals surface area contributed by atoms with Crippen LogP contribution in [0.3, 0.4) is 0 Å². The van der Waals surface area contributed by atoms with Crippen LogP contribution in [-0.4, -0.2) is 23.4 Å². The number of carbonyl (C=O) groups is 2. The summed E-state index contributed by atoms with van der Waals surface area (Å²) in [5.74, 6) is -1.15. The first-order chi connectivity index (χ1) is 11.4. The van der Waals surface area contributed by atoms with Crippen molar-refractivity contribution in [1.29, 1.82) is 0 Å². The molecule has 0 saturated carbocycles. The van der Waals surface area contributed by atoms with E-state index in [9.17, 15) is 19.7 Å². The highest BCUT2D eigenvalue weighted by Gasteiger charge is 2.13. The fourth-order valence-electron chi connectivity index (χ4n) is 1.92. The molecule has 0 aliphatic heterocycles. The van der Waals surface area contributed by atoms with Gasteiger partial charge in [0, 0.05) is 22.3 Å². The fourth-order valence-corrected chi connectivity index (χ4v) is 2.32. The van der Waals surface area contributed by atoms with Gasteiger partial charge in [-0.25, -0.2) is 4.79 Å². The zero-order valence-electron chi connectivity index (χ0n) is 12.6. The van der Waals surface area contributed by atoms with E-state index in [1.807, 2.05) is 0 Å². The van der Waals surface area contributed by atoms with Gasteiger partial charge in [0.25, 0.3) is 11.6 Å². The number of hydrogen-bond donors (Lipinski definition) is 1. The number of hydrogen-bond acceptors (Lipinski definition) is 5. The second-order valence-corrected chi connectivity index (χ2v) is 5.81. The van der Waals surface area contributed by atoms with Crippen LogP contribution in [0.25, 0.3) is 0 Å². The number of nitro groups is 1. The van der Waals surface area contributed by atoms with E-state index in [4.69, 9.17) is 4.74 Å². The van der Waals surface area contributed by atoms with Gasteiger partial charge in [-0.3, -0.25) is 14.9 Å². The van der Waals surface area contributed by atoms with Crippen molar-refractivity contribution >= 4 is 39.2 Å². The minimum absolute atomic E-state index is 0.0634. The second kappa shape index (κ2) is 7.69. The van der Waals surface area contributed by atoms with E-state index in [-0.39, 0.29) is 5.69 Å². The van der Waals surface area contributed by atoms with Crippen molar-refractivity contribution in [2.45, 2.75) is 6.92 Å². The Morgan fingerprint density at radius 1 is 1.25 bits per heavy atom. The number of amides is 1. The van der Waals surface area contributed by atoms with Gasteiger partial charge < -0.3 is 10.1 Å². The van der Waals surface area contributed by atoms with Crippen molar-refractivity contribution in [3.05, 3.63) is 68.2 Å². The predicted molar refractivity (Wildman–Crippen MR) is 90.9 cm³/mol. The fraction of sp³-hybridized carbons (Fsp3) is 0.125. The highest BCUT2D eigenvalue weighted by atomic mass is 79.9. The van der Waals surface area contributed by atoms with Crippen molar-refractivity contribution < 1.29 is 19.2 Å². The Morgan fingerprint density at radius 3 is 2.62 bits per heavy atom. The van der Waals surface area contributed by atoms with Crippen LogP contribution in [0.1, 0.15) is 15.9 Å². The minimum atomic E-state index is -0.619. The van der Waals surface area contributed by atoms with Gasteiger partial charge in [-0.1, -0.05) is 22.0 Å². The number of halogens is 1. The molecular weight excluding hydrogens is 380 g/mol. The van der Waals surface area contributed by atoms with Gasteiger partial charge in [-0.05, 0) is 36.8 Å². The van der Waals surface area contributed by atoms with Crippen molar-refractivity contribution in [3.8, 4) is 0 Å². The van der Waals surface area contributed by atoms with Gasteiger partial charge in [0.2, 0.25) is 0 Å². The monoisotopic (exact) mass is 392 g/mol. The van der Waals surface area contributed by atoms with Gasteiger partial charge in [0.1, 0.15) is 0 Å². The number of benzene rings is 2. The molecule has 7 nitrogen and oxygen atoms in total. The number of anilines is 1. The van der Waals surface area contributed by atoms with Gasteiger partial charge in [0.05, 0.1) is 10.5 Å². The van der Waals surface area contributed by atoms with E-state index in [1.165, 1.54) is 18.2 Å². The molecule has 0 saturated heterocycles. The lowest BCUT2D eigenvalue weighted by Crippen LogP contribution is -2.21. The SMILES string of the molecule is Cc1cc([N+](=O)[O-])ccc1NC(=O)COC(=O)c1cccc(Br)c1. The summed E-state index contributed by atoms with van der Waals surface area (Å²) in [4.78, 5) is 33.9. The first-order valence-electron chi connectivity index (χ1n) is 6.84. The number of aryl methyl sites for hydroxylation is 1. The Balaban J connectivity index is 1.94. The molecule has 24 heavy (non-hydrogen) atoms. The third-order valence-electron chi connectivity index (χ3n) is 3.09. The maximum Gasteiger partial charge on any atom is 0.338 e. The lowest BCUT2D eigenvalue weighted by molar-refractivity contribution is -0.384. The molecule has 2 aromatic carbocycles. The summed E-state index contributed by atoms with van der Waals surface area (Å²) in [5, 5.41) is 13.2. The van der Waals surface area contributed by atoms with Crippen LogP contribution in [0.15, 0.2) is 46.9 Å². The molecule has 0 radical (unpaired) electrons.